The van der Waals surface area contributed by atoms with Crippen LogP contribution in [0.25, 0.3) is 10.9 Å². The number of morpholine rings is 1. The molecule has 3 aromatic rings. The summed E-state index contributed by atoms with van der Waals surface area (Å²) < 4.78 is 30.7. The predicted octanol–water partition coefficient (Wildman–Crippen LogP) is 3.88. The molecule has 1 fully saturated rings. The molecule has 1 N–H and O–H groups in total. The molecule has 1 saturated heterocycles. The number of ether oxygens (including phenoxy) is 3. The van der Waals surface area contributed by atoms with Crippen LogP contribution in [0, 0.1) is 5.82 Å². The van der Waals surface area contributed by atoms with E-state index in [1.165, 1.54) is 18.5 Å². The van der Waals surface area contributed by atoms with E-state index < -0.39 is 5.82 Å². The third-order valence-corrected chi connectivity index (χ3v) is 5.16. The van der Waals surface area contributed by atoms with Gasteiger partial charge in [0.05, 0.1) is 24.3 Å². The predicted molar refractivity (Wildman–Crippen MR) is 114 cm³/mol. The maximum absolute atomic E-state index is 13.5. The van der Waals surface area contributed by atoms with Crippen molar-refractivity contribution in [2.24, 2.45) is 0 Å². The smallest absolute Gasteiger partial charge is 0.162 e. The molecule has 1 unspecified atom stereocenters. The highest BCUT2D eigenvalue weighted by atomic mass is 35.5. The van der Waals surface area contributed by atoms with Gasteiger partial charge in [-0.2, -0.15) is 0 Å². The number of hydrogen-bond donors (Lipinski definition) is 1. The Bertz CT molecular complexity index is 1050. The molecule has 0 amide bonds. The number of aromatic nitrogens is 2. The number of likely N-dealkylation sites (N-methyl/N-ethyl adjacent to an activating group) is 1. The molecule has 0 saturated carbocycles. The molecule has 1 aliphatic rings. The maximum atomic E-state index is 13.5. The van der Waals surface area contributed by atoms with Crippen molar-refractivity contribution in [3.05, 3.63) is 47.5 Å². The molecule has 1 atom stereocenters. The van der Waals surface area contributed by atoms with Gasteiger partial charge >= 0.3 is 0 Å². The lowest BCUT2D eigenvalue weighted by molar-refractivity contribution is -0.0406. The van der Waals surface area contributed by atoms with Gasteiger partial charge in [0.2, 0.25) is 0 Å². The van der Waals surface area contributed by atoms with E-state index in [0.717, 1.165) is 18.5 Å². The topological polar surface area (TPSA) is 68.7 Å². The van der Waals surface area contributed by atoms with Gasteiger partial charge in [0, 0.05) is 30.2 Å². The summed E-state index contributed by atoms with van der Waals surface area (Å²) in [5.74, 6) is 1.20. The second-order valence-corrected chi connectivity index (χ2v) is 7.47. The summed E-state index contributed by atoms with van der Waals surface area (Å²) in [5.41, 5.74) is 1.29. The van der Waals surface area contributed by atoms with Crippen molar-refractivity contribution < 1.29 is 18.6 Å². The molecule has 158 valence electrons. The fourth-order valence-corrected chi connectivity index (χ4v) is 3.48. The lowest BCUT2D eigenvalue weighted by Gasteiger charge is -2.30. The zero-order chi connectivity index (χ0) is 21.1. The Labute approximate surface area is 178 Å². The average molecular weight is 433 g/mol. The normalized spacial score (nSPS) is 17.1. The number of rotatable bonds is 6. The van der Waals surface area contributed by atoms with Crippen LogP contribution >= 0.6 is 11.6 Å². The van der Waals surface area contributed by atoms with Crippen LogP contribution < -0.4 is 14.8 Å². The number of anilines is 2. The van der Waals surface area contributed by atoms with E-state index in [2.05, 4.69) is 27.2 Å². The third-order valence-electron chi connectivity index (χ3n) is 4.87. The number of nitrogens with zero attached hydrogens (tertiary/aromatic N) is 3. The highest BCUT2D eigenvalue weighted by Gasteiger charge is 2.20. The van der Waals surface area contributed by atoms with Gasteiger partial charge in [-0.15, -0.1) is 0 Å². The van der Waals surface area contributed by atoms with Crippen molar-refractivity contribution in [2.45, 2.75) is 6.10 Å². The Kier molecular flexibility index (Phi) is 6.17. The molecule has 7 nitrogen and oxygen atoms in total. The number of fused-ring (bicyclic) bond motifs is 1. The van der Waals surface area contributed by atoms with Gasteiger partial charge in [0.25, 0.3) is 0 Å². The van der Waals surface area contributed by atoms with Crippen molar-refractivity contribution in [3.63, 3.8) is 0 Å². The van der Waals surface area contributed by atoms with Crippen LogP contribution in [-0.4, -0.2) is 61.4 Å². The van der Waals surface area contributed by atoms with Gasteiger partial charge in [-0.05, 0) is 31.3 Å². The minimum Gasteiger partial charge on any atom is -0.493 e. The summed E-state index contributed by atoms with van der Waals surface area (Å²) in [6.45, 7) is 2.80. The van der Waals surface area contributed by atoms with Gasteiger partial charge in [0.1, 0.15) is 30.7 Å². The first kappa shape index (κ1) is 20.6. The zero-order valence-corrected chi connectivity index (χ0v) is 17.4. The lowest BCUT2D eigenvalue weighted by Crippen LogP contribution is -2.42. The van der Waals surface area contributed by atoms with E-state index in [4.69, 9.17) is 25.8 Å². The molecular weight excluding hydrogens is 411 g/mol. The number of hydrogen-bond acceptors (Lipinski definition) is 7. The van der Waals surface area contributed by atoms with Gasteiger partial charge in [0.15, 0.2) is 11.5 Å². The second kappa shape index (κ2) is 8.99. The molecule has 4 rings (SSSR count). The molecule has 0 spiro atoms. The van der Waals surface area contributed by atoms with Crippen LogP contribution in [0.5, 0.6) is 11.5 Å². The summed E-state index contributed by atoms with van der Waals surface area (Å²) in [6.07, 6.45) is 1.43. The fraction of sp³-hybridized carbons (Fsp3) is 0.333. The number of methoxy groups -OCH3 is 1. The Morgan fingerprint density at radius 3 is 2.90 bits per heavy atom. The van der Waals surface area contributed by atoms with E-state index in [-0.39, 0.29) is 11.1 Å². The maximum Gasteiger partial charge on any atom is 0.162 e. The SMILES string of the molecule is COc1cc2ncnc(Nc3ccc(F)c(Cl)c3)c2cc1OCC1CN(C)CCO1. The fourth-order valence-electron chi connectivity index (χ4n) is 3.30. The van der Waals surface area contributed by atoms with E-state index in [0.29, 0.717) is 41.7 Å². The van der Waals surface area contributed by atoms with Gasteiger partial charge in [-0.25, -0.2) is 14.4 Å². The van der Waals surface area contributed by atoms with Crippen molar-refractivity contribution in [2.75, 3.05) is 45.8 Å². The molecule has 0 aliphatic carbocycles. The van der Waals surface area contributed by atoms with Crippen molar-refractivity contribution in [1.29, 1.82) is 0 Å². The highest BCUT2D eigenvalue weighted by Crippen LogP contribution is 2.35. The average Bonchev–Trinajstić information content (AvgIpc) is 2.74. The summed E-state index contributed by atoms with van der Waals surface area (Å²) in [4.78, 5) is 10.9. The Morgan fingerprint density at radius 2 is 2.13 bits per heavy atom. The van der Waals surface area contributed by atoms with Gasteiger partial charge in [-0.1, -0.05) is 11.6 Å². The van der Waals surface area contributed by atoms with Crippen LogP contribution in [0.4, 0.5) is 15.9 Å². The third kappa shape index (κ3) is 4.56. The van der Waals surface area contributed by atoms with Gasteiger partial charge in [-0.3, -0.25) is 0 Å². The Balaban J connectivity index is 1.62. The number of halogens is 2. The molecule has 1 aromatic heterocycles. The van der Waals surface area contributed by atoms with E-state index in [1.807, 2.05) is 6.07 Å². The van der Waals surface area contributed by atoms with Crippen LogP contribution in [-0.2, 0) is 4.74 Å². The van der Waals surface area contributed by atoms with Crippen molar-refractivity contribution in [1.82, 2.24) is 14.9 Å². The molecule has 9 heteroatoms. The number of nitrogens with one attached hydrogen (secondary N) is 1. The molecular formula is C21H22ClFN4O3. The Morgan fingerprint density at radius 1 is 1.27 bits per heavy atom. The van der Waals surface area contributed by atoms with E-state index >= 15 is 0 Å². The van der Waals surface area contributed by atoms with Crippen molar-refractivity contribution in [3.8, 4) is 11.5 Å². The first-order chi connectivity index (χ1) is 14.5. The second-order valence-electron chi connectivity index (χ2n) is 7.06. The molecule has 1 aliphatic heterocycles. The van der Waals surface area contributed by atoms with E-state index in [9.17, 15) is 4.39 Å². The van der Waals surface area contributed by atoms with Crippen LogP contribution in [0.15, 0.2) is 36.7 Å². The van der Waals surface area contributed by atoms with E-state index in [1.54, 1.807) is 19.2 Å². The van der Waals surface area contributed by atoms with Crippen LogP contribution in [0.1, 0.15) is 0 Å². The quantitative estimate of drug-likeness (QED) is 0.633. The van der Waals surface area contributed by atoms with Crippen LogP contribution in [0.3, 0.4) is 0 Å². The first-order valence-electron chi connectivity index (χ1n) is 9.51. The summed E-state index contributed by atoms with van der Waals surface area (Å²) in [5, 5.41) is 3.92. The molecule has 0 bridgehead atoms. The first-order valence-corrected chi connectivity index (χ1v) is 9.89. The van der Waals surface area contributed by atoms with Crippen LogP contribution in [0.2, 0.25) is 5.02 Å². The van der Waals surface area contributed by atoms with Gasteiger partial charge < -0.3 is 24.4 Å². The standard InChI is InChI=1S/C21H22ClFN4O3/c1-27-5-6-29-14(10-27)11-30-20-8-15-18(9-19(20)28-2)24-12-25-21(15)26-13-3-4-17(23)16(22)7-13/h3-4,7-9,12,14H,5-6,10-11H2,1-2H3,(H,24,25,26). The minimum absolute atomic E-state index is 0.0184. The summed E-state index contributed by atoms with van der Waals surface area (Å²) in [7, 11) is 3.64. The molecule has 2 aromatic carbocycles. The molecule has 30 heavy (non-hydrogen) atoms. The zero-order valence-electron chi connectivity index (χ0n) is 16.7. The number of benzene rings is 2. The largest absolute Gasteiger partial charge is 0.493 e. The summed E-state index contributed by atoms with van der Waals surface area (Å²) in [6, 6.07) is 8.01. The monoisotopic (exact) mass is 432 g/mol. The summed E-state index contributed by atoms with van der Waals surface area (Å²) >= 11 is 5.89. The minimum atomic E-state index is -0.481. The molecule has 0 radical (unpaired) electrons. The lowest BCUT2D eigenvalue weighted by atomic mass is 10.2. The Hall–Kier alpha value is -2.68. The molecule has 2 heterocycles. The highest BCUT2D eigenvalue weighted by molar-refractivity contribution is 6.31. The van der Waals surface area contributed by atoms with Crippen molar-refractivity contribution >= 4 is 34.0 Å².